The molecule has 6 heteroatoms. The smallest absolute Gasteiger partial charge is 0.329 e. The van der Waals surface area contributed by atoms with Crippen LogP contribution in [-0.4, -0.2) is 34.0 Å². The highest BCUT2D eigenvalue weighted by molar-refractivity contribution is 6.31. The summed E-state index contributed by atoms with van der Waals surface area (Å²) >= 11 is 5.70. The monoisotopic (exact) mass is 313 g/mol. The molecule has 1 aliphatic rings. The van der Waals surface area contributed by atoms with E-state index in [0.717, 1.165) is 6.07 Å². The molecular formula is C15H17ClFNO3. The number of hydrogen-bond acceptors (Lipinski definition) is 2. The lowest BCUT2D eigenvalue weighted by atomic mass is 9.90. The fourth-order valence-electron chi connectivity index (χ4n) is 2.96. The van der Waals surface area contributed by atoms with Gasteiger partial charge in [-0.3, -0.25) is 4.79 Å². The Kier molecular flexibility index (Phi) is 4.52. The van der Waals surface area contributed by atoms with Crippen LogP contribution in [0.4, 0.5) is 4.39 Å². The van der Waals surface area contributed by atoms with Gasteiger partial charge >= 0.3 is 5.97 Å². The summed E-state index contributed by atoms with van der Waals surface area (Å²) < 4.78 is 13.2. The SMILES string of the molecule is CCCC1(C(=O)O)CCCN1C(=O)c1ccc(F)c(Cl)c1. The molecule has 0 aromatic heterocycles. The van der Waals surface area contributed by atoms with Crippen molar-refractivity contribution in [2.45, 2.75) is 38.1 Å². The molecule has 1 N–H and O–H groups in total. The Labute approximate surface area is 127 Å². The van der Waals surface area contributed by atoms with E-state index in [2.05, 4.69) is 0 Å². The van der Waals surface area contributed by atoms with Crippen LogP contribution in [0.5, 0.6) is 0 Å². The van der Waals surface area contributed by atoms with Crippen LogP contribution in [0, 0.1) is 5.82 Å². The molecule has 0 aliphatic carbocycles. The number of rotatable bonds is 4. The summed E-state index contributed by atoms with van der Waals surface area (Å²) in [6, 6.07) is 3.70. The third-order valence-electron chi connectivity index (χ3n) is 3.96. The third kappa shape index (κ3) is 2.75. The molecule has 2 rings (SSSR count). The maximum atomic E-state index is 13.2. The van der Waals surface area contributed by atoms with E-state index in [9.17, 15) is 19.1 Å². The van der Waals surface area contributed by atoms with Gasteiger partial charge in [0.25, 0.3) is 5.91 Å². The molecule has 1 amide bonds. The van der Waals surface area contributed by atoms with Crippen molar-refractivity contribution in [1.29, 1.82) is 0 Å². The van der Waals surface area contributed by atoms with Gasteiger partial charge in [-0.15, -0.1) is 0 Å². The van der Waals surface area contributed by atoms with Gasteiger partial charge in [-0.2, -0.15) is 0 Å². The predicted molar refractivity (Wildman–Crippen MR) is 77.0 cm³/mol. The number of carbonyl (C=O) groups is 2. The number of aliphatic carboxylic acids is 1. The molecule has 0 saturated carbocycles. The van der Waals surface area contributed by atoms with Gasteiger partial charge in [0.15, 0.2) is 0 Å². The first-order valence-corrected chi connectivity index (χ1v) is 7.30. The fourth-order valence-corrected chi connectivity index (χ4v) is 3.14. The molecule has 1 aromatic carbocycles. The number of halogens is 2. The molecule has 1 heterocycles. The lowest BCUT2D eigenvalue weighted by molar-refractivity contribution is -0.148. The van der Waals surface area contributed by atoms with Crippen molar-refractivity contribution < 1.29 is 19.1 Å². The Morgan fingerprint density at radius 2 is 2.19 bits per heavy atom. The van der Waals surface area contributed by atoms with Crippen molar-refractivity contribution in [3.05, 3.63) is 34.6 Å². The van der Waals surface area contributed by atoms with Gasteiger partial charge in [0.05, 0.1) is 5.02 Å². The normalized spacial score (nSPS) is 21.6. The van der Waals surface area contributed by atoms with Crippen LogP contribution in [0.15, 0.2) is 18.2 Å². The number of likely N-dealkylation sites (tertiary alicyclic amines) is 1. The molecule has 1 unspecified atom stereocenters. The Morgan fingerprint density at radius 1 is 1.48 bits per heavy atom. The number of carbonyl (C=O) groups excluding carboxylic acids is 1. The van der Waals surface area contributed by atoms with Crippen LogP contribution in [0.1, 0.15) is 43.0 Å². The second-order valence-corrected chi connectivity index (χ2v) is 5.68. The lowest BCUT2D eigenvalue weighted by Gasteiger charge is -2.34. The molecule has 1 aliphatic heterocycles. The summed E-state index contributed by atoms with van der Waals surface area (Å²) in [5, 5.41) is 9.44. The van der Waals surface area contributed by atoms with E-state index < -0.39 is 23.2 Å². The van der Waals surface area contributed by atoms with E-state index >= 15 is 0 Å². The van der Waals surface area contributed by atoms with E-state index in [1.165, 1.54) is 17.0 Å². The van der Waals surface area contributed by atoms with Gasteiger partial charge < -0.3 is 10.0 Å². The van der Waals surface area contributed by atoms with Crippen molar-refractivity contribution in [3.63, 3.8) is 0 Å². The topological polar surface area (TPSA) is 57.6 Å². The molecule has 21 heavy (non-hydrogen) atoms. The van der Waals surface area contributed by atoms with Crippen LogP contribution in [0.3, 0.4) is 0 Å². The standard InChI is InChI=1S/C15H17ClFNO3/c1-2-6-15(14(20)21)7-3-8-18(15)13(19)10-4-5-12(17)11(16)9-10/h4-5,9H,2-3,6-8H2,1H3,(H,20,21). The Hall–Kier alpha value is -1.62. The number of amides is 1. The quantitative estimate of drug-likeness (QED) is 0.927. The van der Waals surface area contributed by atoms with Crippen LogP contribution < -0.4 is 0 Å². The van der Waals surface area contributed by atoms with Crippen molar-refractivity contribution in [1.82, 2.24) is 4.90 Å². The van der Waals surface area contributed by atoms with Gasteiger partial charge in [-0.1, -0.05) is 24.9 Å². The number of benzene rings is 1. The van der Waals surface area contributed by atoms with Crippen LogP contribution >= 0.6 is 11.6 Å². The zero-order chi connectivity index (χ0) is 15.6. The number of hydrogen-bond donors (Lipinski definition) is 1. The molecule has 1 atom stereocenters. The molecule has 0 spiro atoms. The Balaban J connectivity index is 2.36. The maximum absolute atomic E-state index is 13.2. The Morgan fingerprint density at radius 3 is 2.76 bits per heavy atom. The van der Waals surface area contributed by atoms with Crippen molar-refractivity contribution in [2.75, 3.05) is 6.54 Å². The molecular weight excluding hydrogens is 297 g/mol. The number of nitrogens with zero attached hydrogens (tertiary/aromatic N) is 1. The minimum absolute atomic E-state index is 0.142. The third-order valence-corrected chi connectivity index (χ3v) is 4.25. The average molecular weight is 314 g/mol. The van der Waals surface area contributed by atoms with Gasteiger partial charge in [-0.05, 0) is 37.5 Å². The molecule has 1 fully saturated rings. The summed E-state index contributed by atoms with van der Waals surface area (Å²) in [6.07, 6.45) is 2.16. The lowest BCUT2D eigenvalue weighted by Crippen LogP contribution is -2.53. The highest BCUT2D eigenvalue weighted by Crippen LogP contribution is 2.35. The largest absolute Gasteiger partial charge is 0.479 e. The molecule has 4 nitrogen and oxygen atoms in total. The first-order chi connectivity index (χ1) is 9.92. The van der Waals surface area contributed by atoms with E-state index in [1.807, 2.05) is 6.92 Å². The minimum Gasteiger partial charge on any atom is -0.479 e. The van der Waals surface area contributed by atoms with Crippen LogP contribution in [-0.2, 0) is 4.79 Å². The maximum Gasteiger partial charge on any atom is 0.329 e. The van der Waals surface area contributed by atoms with Gasteiger partial charge in [-0.25, -0.2) is 9.18 Å². The molecule has 0 radical (unpaired) electrons. The van der Waals surface area contributed by atoms with Crippen molar-refractivity contribution in [3.8, 4) is 0 Å². The fraction of sp³-hybridized carbons (Fsp3) is 0.467. The predicted octanol–water partition coefficient (Wildman–Crippen LogP) is 3.34. The van der Waals surface area contributed by atoms with Crippen molar-refractivity contribution in [2.24, 2.45) is 0 Å². The average Bonchev–Trinajstić information content (AvgIpc) is 2.86. The molecule has 1 saturated heterocycles. The summed E-state index contributed by atoms with van der Waals surface area (Å²) in [4.78, 5) is 25.7. The molecule has 1 aromatic rings. The summed E-state index contributed by atoms with van der Waals surface area (Å²) in [7, 11) is 0. The second kappa shape index (κ2) is 6.02. The second-order valence-electron chi connectivity index (χ2n) is 5.28. The Bertz CT molecular complexity index is 578. The first kappa shape index (κ1) is 15.8. The number of carboxylic acid groups (broad SMARTS) is 1. The minimum atomic E-state index is -1.16. The zero-order valence-electron chi connectivity index (χ0n) is 11.7. The zero-order valence-corrected chi connectivity index (χ0v) is 12.5. The molecule has 0 bridgehead atoms. The van der Waals surface area contributed by atoms with Gasteiger partial charge in [0.2, 0.25) is 0 Å². The van der Waals surface area contributed by atoms with Gasteiger partial charge in [0, 0.05) is 12.1 Å². The molecule has 114 valence electrons. The van der Waals surface area contributed by atoms with E-state index in [1.54, 1.807) is 0 Å². The number of carboxylic acids is 1. The first-order valence-electron chi connectivity index (χ1n) is 6.93. The van der Waals surface area contributed by atoms with Crippen LogP contribution in [0.2, 0.25) is 5.02 Å². The van der Waals surface area contributed by atoms with Crippen LogP contribution in [0.25, 0.3) is 0 Å². The highest BCUT2D eigenvalue weighted by atomic mass is 35.5. The van der Waals surface area contributed by atoms with E-state index in [4.69, 9.17) is 11.6 Å². The summed E-state index contributed by atoms with van der Waals surface area (Å²) in [5.41, 5.74) is -0.947. The highest BCUT2D eigenvalue weighted by Gasteiger charge is 2.49. The summed E-state index contributed by atoms with van der Waals surface area (Å²) in [5.74, 6) is -2.00. The summed E-state index contributed by atoms with van der Waals surface area (Å²) in [6.45, 7) is 2.28. The van der Waals surface area contributed by atoms with Crippen molar-refractivity contribution >= 4 is 23.5 Å². The van der Waals surface area contributed by atoms with E-state index in [-0.39, 0.29) is 10.6 Å². The van der Waals surface area contributed by atoms with Gasteiger partial charge in [0.1, 0.15) is 11.4 Å². The van der Waals surface area contributed by atoms with E-state index in [0.29, 0.717) is 32.2 Å².